The molecule has 0 aliphatic rings. The number of anilines is 1. The molecular formula is C21H17N5O4. The fraction of sp³-hybridized carbons (Fsp3) is 0.0952. The Morgan fingerprint density at radius 1 is 1.17 bits per heavy atom. The van der Waals surface area contributed by atoms with Crippen molar-refractivity contribution in [2.24, 2.45) is 0 Å². The molecule has 0 spiro atoms. The summed E-state index contributed by atoms with van der Waals surface area (Å²) < 4.78 is 6.56. The van der Waals surface area contributed by atoms with Gasteiger partial charge in [-0.25, -0.2) is 9.67 Å². The summed E-state index contributed by atoms with van der Waals surface area (Å²) in [6, 6.07) is 15.7. The molecule has 4 aromatic rings. The smallest absolute Gasteiger partial charge is 0.312 e. The number of rotatable bonds is 5. The van der Waals surface area contributed by atoms with Gasteiger partial charge in [0, 0.05) is 17.1 Å². The van der Waals surface area contributed by atoms with Gasteiger partial charge in [-0.2, -0.15) is 5.10 Å². The molecule has 2 aromatic heterocycles. The molecule has 1 amide bonds. The number of carbonyl (C=O) groups is 1. The van der Waals surface area contributed by atoms with Crippen molar-refractivity contribution in [1.82, 2.24) is 14.8 Å². The highest BCUT2D eigenvalue weighted by molar-refractivity contribution is 6.05. The maximum atomic E-state index is 12.7. The Morgan fingerprint density at radius 3 is 2.73 bits per heavy atom. The molecule has 0 unspecified atom stereocenters. The summed E-state index contributed by atoms with van der Waals surface area (Å²) in [6.07, 6.45) is 1.44. The van der Waals surface area contributed by atoms with Crippen LogP contribution in [0.2, 0.25) is 0 Å². The van der Waals surface area contributed by atoms with Crippen LogP contribution >= 0.6 is 0 Å². The third-order valence-electron chi connectivity index (χ3n) is 4.69. The third kappa shape index (κ3) is 3.44. The number of amides is 1. The normalized spacial score (nSPS) is 10.7. The summed E-state index contributed by atoms with van der Waals surface area (Å²) >= 11 is 0. The molecule has 0 bridgehead atoms. The Hall–Kier alpha value is -4.27. The Kier molecular flexibility index (Phi) is 4.85. The van der Waals surface area contributed by atoms with E-state index in [0.717, 1.165) is 10.9 Å². The summed E-state index contributed by atoms with van der Waals surface area (Å²) in [5, 5.41) is 19.2. The highest BCUT2D eigenvalue weighted by Gasteiger charge is 2.19. The van der Waals surface area contributed by atoms with Crippen molar-refractivity contribution in [2.75, 3.05) is 12.4 Å². The number of methoxy groups -OCH3 is 1. The molecule has 0 saturated carbocycles. The molecule has 0 radical (unpaired) electrons. The lowest BCUT2D eigenvalue weighted by atomic mass is 10.2. The number of carbonyl (C=O) groups excluding carboxylic acids is 1. The Labute approximate surface area is 171 Å². The average molecular weight is 403 g/mol. The number of ether oxygens (including phenoxy) is 1. The minimum atomic E-state index is -0.566. The van der Waals surface area contributed by atoms with Gasteiger partial charge in [-0.05, 0) is 37.3 Å². The third-order valence-corrected chi connectivity index (χ3v) is 4.69. The van der Waals surface area contributed by atoms with Crippen LogP contribution in [0.3, 0.4) is 0 Å². The number of nitrogens with one attached hydrogen (secondary N) is 1. The fourth-order valence-electron chi connectivity index (χ4n) is 3.15. The zero-order chi connectivity index (χ0) is 21.3. The fourth-order valence-corrected chi connectivity index (χ4v) is 3.15. The van der Waals surface area contributed by atoms with Crippen molar-refractivity contribution in [1.29, 1.82) is 0 Å². The average Bonchev–Trinajstić information content (AvgIpc) is 3.14. The second-order valence-electron chi connectivity index (χ2n) is 6.52. The SMILES string of the molecule is COc1ccc(NC(=O)c2cnn(-c3ccc4ccccc4n3)c2C)cc1[N+](=O)[O-]. The quantitative estimate of drug-likeness (QED) is 0.399. The van der Waals surface area contributed by atoms with Crippen molar-refractivity contribution < 1.29 is 14.5 Å². The van der Waals surface area contributed by atoms with Crippen LogP contribution in [0.5, 0.6) is 5.75 Å². The largest absolute Gasteiger partial charge is 0.490 e. The topological polar surface area (TPSA) is 112 Å². The van der Waals surface area contributed by atoms with Crippen LogP contribution in [0.1, 0.15) is 16.1 Å². The first-order valence-electron chi connectivity index (χ1n) is 9.02. The van der Waals surface area contributed by atoms with Gasteiger partial charge in [-0.15, -0.1) is 0 Å². The van der Waals surface area contributed by atoms with E-state index in [9.17, 15) is 14.9 Å². The van der Waals surface area contributed by atoms with E-state index in [2.05, 4.69) is 15.4 Å². The molecule has 9 heteroatoms. The summed E-state index contributed by atoms with van der Waals surface area (Å²) in [6.45, 7) is 1.76. The Bertz CT molecular complexity index is 1280. The van der Waals surface area contributed by atoms with Gasteiger partial charge in [-0.3, -0.25) is 14.9 Å². The van der Waals surface area contributed by atoms with Crippen LogP contribution in [0, 0.1) is 17.0 Å². The molecule has 1 N–H and O–H groups in total. The summed E-state index contributed by atoms with van der Waals surface area (Å²) in [5.74, 6) is 0.272. The van der Waals surface area contributed by atoms with Crippen molar-refractivity contribution in [2.45, 2.75) is 6.92 Å². The second kappa shape index (κ2) is 7.63. The number of benzene rings is 2. The number of hydrogen-bond donors (Lipinski definition) is 1. The van der Waals surface area contributed by atoms with E-state index < -0.39 is 10.8 Å². The predicted octanol–water partition coefficient (Wildman–Crippen LogP) is 3.90. The molecular weight excluding hydrogens is 386 g/mol. The number of para-hydroxylation sites is 1. The lowest BCUT2D eigenvalue weighted by molar-refractivity contribution is -0.385. The highest BCUT2D eigenvalue weighted by Crippen LogP contribution is 2.30. The lowest BCUT2D eigenvalue weighted by Crippen LogP contribution is -2.13. The first-order chi connectivity index (χ1) is 14.5. The monoisotopic (exact) mass is 403 g/mol. The number of pyridine rings is 1. The van der Waals surface area contributed by atoms with Crippen LogP contribution in [0.15, 0.2) is 60.8 Å². The molecule has 4 rings (SSSR count). The second-order valence-corrected chi connectivity index (χ2v) is 6.52. The maximum Gasteiger partial charge on any atom is 0.312 e. The summed E-state index contributed by atoms with van der Waals surface area (Å²) in [4.78, 5) is 28.0. The number of hydrogen-bond acceptors (Lipinski definition) is 6. The molecule has 0 fully saturated rings. The van der Waals surface area contributed by atoms with Crippen LogP contribution in [0.25, 0.3) is 16.7 Å². The number of nitrogens with zero attached hydrogens (tertiary/aromatic N) is 4. The van der Waals surface area contributed by atoms with Gasteiger partial charge in [0.05, 0.1) is 35.0 Å². The number of nitro groups is 1. The highest BCUT2D eigenvalue weighted by atomic mass is 16.6. The Morgan fingerprint density at radius 2 is 1.97 bits per heavy atom. The van der Waals surface area contributed by atoms with Crippen LogP contribution < -0.4 is 10.1 Å². The molecule has 0 aliphatic heterocycles. The number of nitro benzene ring substituents is 1. The van der Waals surface area contributed by atoms with Gasteiger partial charge in [0.1, 0.15) is 0 Å². The van der Waals surface area contributed by atoms with E-state index in [4.69, 9.17) is 4.74 Å². The van der Waals surface area contributed by atoms with Crippen LogP contribution in [0.4, 0.5) is 11.4 Å². The van der Waals surface area contributed by atoms with E-state index in [0.29, 0.717) is 17.1 Å². The molecule has 0 saturated heterocycles. The van der Waals surface area contributed by atoms with E-state index in [1.165, 1.54) is 31.5 Å². The van der Waals surface area contributed by atoms with E-state index in [-0.39, 0.29) is 17.1 Å². The maximum absolute atomic E-state index is 12.7. The lowest BCUT2D eigenvalue weighted by Gasteiger charge is -2.08. The van der Waals surface area contributed by atoms with Crippen molar-refractivity contribution >= 4 is 28.2 Å². The predicted molar refractivity (Wildman–Crippen MR) is 111 cm³/mol. The van der Waals surface area contributed by atoms with Gasteiger partial charge >= 0.3 is 5.69 Å². The first-order valence-corrected chi connectivity index (χ1v) is 9.02. The van der Waals surface area contributed by atoms with Gasteiger partial charge < -0.3 is 10.1 Å². The van der Waals surface area contributed by atoms with Crippen molar-refractivity contribution in [3.63, 3.8) is 0 Å². The molecule has 0 atom stereocenters. The zero-order valence-corrected chi connectivity index (χ0v) is 16.2. The van der Waals surface area contributed by atoms with E-state index in [1.54, 1.807) is 11.6 Å². The minimum absolute atomic E-state index is 0.115. The van der Waals surface area contributed by atoms with Gasteiger partial charge in [0.25, 0.3) is 5.91 Å². The molecule has 150 valence electrons. The minimum Gasteiger partial charge on any atom is -0.490 e. The van der Waals surface area contributed by atoms with E-state index in [1.807, 2.05) is 36.4 Å². The van der Waals surface area contributed by atoms with E-state index >= 15 is 0 Å². The standard InChI is InChI=1S/C21H17N5O4/c1-13-16(21(27)23-15-8-9-19(30-2)18(11-15)26(28)29)12-22-25(13)20-10-7-14-5-3-4-6-17(14)24-20/h3-12H,1-2H3,(H,23,27). The van der Waals surface area contributed by atoms with Crippen LogP contribution in [-0.2, 0) is 0 Å². The molecule has 2 heterocycles. The summed E-state index contributed by atoms with van der Waals surface area (Å²) in [5.41, 5.74) is 1.80. The molecule has 2 aromatic carbocycles. The Balaban J connectivity index is 1.62. The van der Waals surface area contributed by atoms with Crippen molar-refractivity contribution in [3.8, 4) is 11.6 Å². The van der Waals surface area contributed by atoms with Gasteiger partial charge in [-0.1, -0.05) is 18.2 Å². The first kappa shape index (κ1) is 19.1. The molecule has 9 nitrogen and oxygen atoms in total. The number of aromatic nitrogens is 3. The number of fused-ring (bicyclic) bond motifs is 1. The molecule has 0 aliphatic carbocycles. The van der Waals surface area contributed by atoms with Crippen LogP contribution in [-0.4, -0.2) is 32.7 Å². The summed E-state index contributed by atoms with van der Waals surface area (Å²) in [7, 11) is 1.35. The van der Waals surface area contributed by atoms with Gasteiger partial charge in [0.15, 0.2) is 11.6 Å². The van der Waals surface area contributed by atoms with Crippen molar-refractivity contribution in [3.05, 3.63) is 82.2 Å². The van der Waals surface area contributed by atoms with Gasteiger partial charge in [0.2, 0.25) is 0 Å². The zero-order valence-electron chi connectivity index (χ0n) is 16.2. The molecule has 30 heavy (non-hydrogen) atoms.